The van der Waals surface area contributed by atoms with Crippen LogP contribution in [0.5, 0.6) is 0 Å². The van der Waals surface area contributed by atoms with Crippen molar-refractivity contribution >= 4 is 11.8 Å². The van der Waals surface area contributed by atoms with Crippen molar-refractivity contribution in [2.24, 2.45) is 5.84 Å². The Bertz CT molecular complexity index is 312. The van der Waals surface area contributed by atoms with Gasteiger partial charge in [0.25, 0.3) is 0 Å². The summed E-state index contributed by atoms with van der Waals surface area (Å²) in [5, 5.41) is 8.61. The summed E-state index contributed by atoms with van der Waals surface area (Å²) in [7, 11) is 0. The molecule has 6 heteroatoms. The summed E-state index contributed by atoms with van der Waals surface area (Å²) in [6.45, 7) is 1.65. The van der Waals surface area contributed by atoms with Crippen LogP contribution in [0.3, 0.4) is 0 Å². The number of rotatable bonds is 2. The van der Waals surface area contributed by atoms with E-state index in [0.29, 0.717) is 5.82 Å². The minimum atomic E-state index is -1.11. The lowest BCUT2D eigenvalue weighted by molar-refractivity contribution is 0.0697. The van der Waals surface area contributed by atoms with Gasteiger partial charge in [-0.3, -0.25) is 0 Å². The molecule has 0 fully saturated rings. The lowest BCUT2D eigenvalue weighted by Gasteiger charge is -2.02. The SMILES string of the molecule is Cc1ncc(C(=O)O)c(NN)n1. The average molecular weight is 168 g/mol. The quantitative estimate of drug-likeness (QED) is 0.416. The summed E-state index contributed by atoms with van der Waals surface area (Å²) >= 11 is 0. The first kappa shape index (κ1) is 8.41. The Morgan fingerprint density at radius 3 is 2.92 bits per heavy atom. The van der Waals surface area contributed by atoms with Gasteiger partial charge in [-0.25, -0.2) is 20.6 Å². The highest BCUT2D eigenvalue weighted by Crippen LogP contribution is 2.08. The summed E-state index contributed by atoms with van der Waals surface area (Å²) in [5.74, 6) is 4.53. The molecule has 12 heavy (non-hydrogen) atoms. The summed E-state index contributed by atoms with van der Waals surface area (Å²) < 4.78 is 0. The molecule has 1 heterocycles. The Kier molecular flexibility index (Phi) is 2.20. The van der Waals surface area contributed by atoms with Crippen LogP contribution in [0.2, 0.25) is 0 Å². The molecule has 0 saturated heterocycles. The van der Waals surface area contributed by atoms with Gasteiger partial charge in [-0.2, -0.15) is 0 Å². The van der Waals surface area contributed by atoms with Gasteiger partial charge in [-0.05, 0) is 6.92 Å². The third-order valence-electron chi connectivity index (χ3n) is 1.28. The zero-order valence-corrected chi connectivity index (χ0v) is 6.40. The van der Waals surface area contributed by atoms with Gasteiger partial charge >= 0.3 is 5.97 Å². The molecule has 1 rings (SSSR count). The van der Waals surface area contributed by atoms with E-state index in [0.717, 1.165) is 0 Å². The Labute approximate surface area is 68.4 Å². The lowest BCUT2D eigenvalue weighted by Crippen LogP contribution is -2.14. The van der Waals surface area contributed by atoms with Crippen molar-refractivity contribution in [3.63, 3.8) is 0 Å². The Morgan fingerprint density at radius 2 is 2.42 bits per heavy atom. The smallest absolute Gasteiger partial charge is 0.341 e. The standard InChI is InChI=1S/C6H8N4O2/c1-3-8-2-4(6(11)12)5(9-3)10-7/h2H,7H2,1H3,(H,11,12)(H,8,9,10). The van der Waals surface area contributed by atoms with Gasteiger partial charge in [0.2, 0.25) is 0 Å². The molecule has 0 aromatic carbocycles. The molecule has 0 aliphatic rings. The molecule has 0 atom stereocenters. The number of carboxylic acids is 1. The third kappa shape index (κ3) is 1.48. The van der Waals surface area contributed by atoms with Crippen LogP contribution in [0.1, 0.15) is 16.2 Å². The molecular weight excluding hydrogens is 160 g/mol. The highest BCUT2D eigenvalue weighted by atomic mass is 16.4. The fraction of sp³-hybridized carbons (Fsp3) is 0.167. The fourth-order valence-corrected chi connectivity index (χ4v) is 0.737. The van der Waals surface area contributed by atoms with Crippen molar-refractivity contribution in [3.05, 3.63) is 17.6 Å². The van der Waals surface area contributed by atoms with Crippen LogP contribution in [0.15, 0.2) is 6.20 Å². The van der Waals surface area contributed by atoms with Crippen LogP contribution in [0.25, 0.3) is 0 Å². The fourth-order valence-electron chi connectivity index (χ4n) is 0.737. The first-order valence-corrected chi connectivity index (χ1v) is 3.18. The number of nitrogens with two attached hydrogens (primary N) is 1. The Hall–Kier alpha value is -1.69. The van der Waals surface area contributed by atoms with Gasteiger partial charge in [-0.1, -0.05) is 0 Å². The zero-order valence-electron chi connectivity index (χ0n) is 6.40. The maximum Gasteiger partial charge on any atom is 0.341 e. The number of nitrogens with one attached hydrogen (secondary N) is 1. The van der Waals surface area contributed by atoms with E-state index in [1.54, 1.807) is 6.92 Å². The van der Waals surface area contributed by atoms with E-state index in [1.807, 2.05) is 0 Å². The number of hydrogen-bond donors (Lipinski definition) is 3. The number of nitrogen functional groups attached to an aromatic ring is 1. The second-order valence-electron chi connectivity index (χ2n) is 2.13. The summed E-state index contributed by atoms with van der Waals surface area (Å²) in [6.07, 6.45) is 1.21. The molecule has 0 spiro atoms. The van der Waals surface area contributed by atoms with Crippen LogP contribution in [-0.4, -0.2) is 21.0 Å². The first-order valence-electron chi connectivity index (χ1n) is 3.18. The zero-order chi connectivity index (χ0) is 9.14. The van der Waals surface area contributed by atoms with Gasteiger partial charge in [0.15, 0.2) is 5.82 Å². The van der Waals surface area contributed by atoms with E-state index < -0.39 is 5.97 Å². The number of aromatic nitrogens is 2. The molecule has 0 aliphatic carbocycles. The van der Waals surface area contributed by atoms with Crippen LogP contribution in [0, 0.1) is 6.92 Å². The number of hydrogen-bond acceptors (Lipinski definition) is 5. The third-order valence-corrected chi connectivity index (χ3v) is 1.28. The second-order valence-corrected chi connectivity index (χ2v) is 2.13. The summed E-state index contributed by atoms with van der Waals surface area (Å²) in [6, 6.07) is 0. The molecule has 0 saturated carbocycles. The van der Waals surface area contributed by atoms with Gasteiger partial charge < -0.3 is 10.5 Å². The molecule has 6 nitrogen and oxygen atoms in total. The van der Waals surface area contributed by atoms with Crippen molar-refractivity contribution in [3.8, 4) is 0 Å². The number of anilines is 1. The molecule has 0 aliphatic heterocycles. The van der Waals surface area contributed by atoms with Crippen molar-refractivity contribution in [2.75, 3.05) is 5.43 Å². The number of carboxylic acid groups (broad SMARTS) is 1. The van der Waals surface area contributed by atoms with Crippen molar-refractivity contribution in [1.29, 1.82) is 0 Å². The molecule has 0 unspecified atom stereocenters. The maximum atomic E-state index is 10.5. The molecule has 1 aromatic heterocycles. The molecule has 0 radical (unpaired) electrons. The molecule has 0 amide bonds. The Balaban J connectivity index is 3.20. The van der Waals surface area contributed by atoms with Gasteiger partial charge in [0, 0.05) is 6.20 Å². The van der Waals surface area contributed by atoms with E-state index in [1.165, 1.54) is 6.20 Å². The topological polar surface area (TPSA) is 101 Å². The van der Waals surface area contributed by atoms with Crippen LogP contribution < -0.4 is 11.3 Å². The van der Waals surface area contributed by atoms with Crippen LogP contribution >= 0.6 is 0 Å². The van der Waals surface area contributed by atoms with Gasteiger partial charge in [-0.15, -0.1) is 0 Å². The van der Waals surface area contributed by atoms with Gasteiger partial charge in [0.05, 0.1) is 0 Å². The van der Waals surface area contributed by atoms with E-state index >= 15 is 0 Å². The average Bonchev–Trinajstić information content (AvgIpc) is 2.03. The van der Waals surface area contributed by atoms with Crippen LogP contribution in [0.4, 0.5) is 5.82 Å². The normalized spacial score (nSPS) is 9.50. The predicted molar refractivity (Wildman–Crippen MR) is 41.5 cm³/mol. The second kappa shape index (κ2) is 3.14. The minimum Gasteiger partial charge on any atom is -0.477 e. The Morgan fingerprint density at radius 1 is 1.75 bits per heavy atom. The van der Waals surface area contributed by atoms with Crippen molar-refractivity contribution in [2.45, 2.75) is 6.92 Å². The summed E-state index contributed by atoms with van der Waals surface area (Å²) in [4.78, 5) is 18.0. The largest absolute Gasteiger partial charge is 0.477 e. The number of aromatic carboxylic acids is 1. The molecule has 0 bridgehead atoms. The number of hydrazine groups is 1. The van der Waals surface area contributed by atoms with Crippen molar-refractivity contribution < 1.29 is 9.90 Å². The highest BCUT2D eigenvalue weighted by molar-refractivity contribution is 5.92. The minimum absolute atomic E-state index is 0.0388. The van der Waals surface area contributed by atoms with E-state index in [4.69, 9.17) is 10.9 Å². The number of carbonyl (C=O) groups is 1. The number of aryl methyl sites for hydroxylation is 1. The van der Waals surface area contributed by atoms with Crippen molar-refractivity contribution in [1.82, 2.24) is 9.97 Å². The van der Waals surface area contributed by atoms with E-state index in [2.05, 4.69) is 15.4 Å². The monoisotopic (exact) mass is 168 g/mol. The molecule has 64 valence electrons. The van der Waals surface area contributed by atoms with E-state index in [-0.39, 0.29) is 11.4 Å². The maximum absolute atomic E-state index is 10.5. The number of nitrogens with zero attached hydrogens (tertiary/aromatic N) is 2. The molecule has 4 N–H and O–H groups in total. The van der Waals surface area contributed by atoms with Gasteiger partial charge in [0.1, 0.15) is 11.4 Å². The first-order chi connectivity index (χ1) is 5.65. The van der Waals surface area contributed by atoms with Crippen LogP contribution in [-0.2, 0) is 0 Å². The lowest BCUT2D eigenvalue weighted by atomic mass is 10.3. The molecule has 1 aromatic rings. The predicted octanol–water partition coefficient (Wildman–Crippen LogP) is -0.231. The van der Waals surface area contributed by atoms with E-state index in [9.17, 15) is 4.79 Å². The molecular formula is C6H8N4O2. The highest BCUT2D eigenvalue weighted by Gasteiger charge is 2.10. The summed E-state index contributed by atoms with van der Waals surface area (Å²) in [5.41, 5.74) is 2.15.